The molecule has 0 saturated carbocycles. The summed E-state index contributed by atoms with van der Waals surface area (Å²) in [5, 5.41) is 5.20. The van der Waals surface area contributed by atoms with Crippen LogP contribution in [0.1, 0.15) is 36.1 Å². The van der Waals surface area contributed by atoms with Crippen molar-refractivity contribution in [3.63, 3.8) is 0 Å². The fourth-order valence-electron chi connectivity index (χ4n) is 8.03. The molecule has 2 heteroatoms. The summed E-state index contributed by atoms with van der Waals surface area (Å²) in [5.41, 5.74) is 14.0. The van der Waals surface area contributed by atoms with Crippen molar-refractivity contribution in [3.8, 4) is 22.3 Å². The van der Waals surface area contributed by atoms with Crippen molar-refractivity contribution in [1.29, 1.82) is 0 Å². The van der Waals surface area contributed by atoms with E-state index in [2.05, 4.69) is 172 Å². The molecular weight excluding hydrogens is 587 g/mol. The first kappa shape index (κ1) is 28.1. The second kappa shape index (κ2) is 10.4. The highest BCUT2D eigenvalue weighted by Crippen LogP contribution is 2.51. The molecule has 1 heterocycles. The van der Waals surface area contributed by atoms with Crippen molar-refractivity contribution in [3.05, 3.63) is 162 Å². The van der Waals surface area contributed by atoms with Crippen LogP contribution in [0.15, 0.2) is 140 Å². The van der Waals surface area contributed by atoms with E-state index in [1.165, 1.54) is 92.5 Å². The SMILES string of the molecule is Cc1cc(-c2cccc3ccccc23)cc(C)c1N(c1ccc2c(c1)C(C)(C)c1ccccc1-2)c1ccc2c(c1)sc1ccccc12. The molecule has 8 aromatic rings. The molecule has 0 amide bonds. The molecular formula is C45H35NS. The average molecular weight is 622 g/mol. The van der Waals surface area contributed by atoms with Gasteiger partial charge in [0, 0.05) is 37.0 Å². The Kier molecular flexibility index (Phi) is 6.22. The number of anilines is 3. The second-order valence-corrected chi connectivity index (χ2v) is 14.6. The molecule has 0 saturated heterocycles. The van der Waals surface area contributed by atoms with E-state index in [1.54, 1.807) is 0 Å². The van der Waals surface area contributed by atoms with Crippen LogP contribution in [-0.4, -0.2) is 0 Å². The van der Waals surface area contributed by atoms with E-state index in [0.29, 0.717) is 0 Å². The van der Waals surface area contributed by atoms with Crippen LogP contribution in [0.2, 0.25) is 0 Å². The Labute approximate surface area is 280 Å². The summed E-state index contributed by atoms with van der Waals surface area (Å²) in [6.45, 7) is 9.28. The third kappa shape index (κ3) is 4.28. The normalized spacial score (nSPS) is 13.3. The zero-order valence-corrected chi connectivity index (χ0v) is 28.0. The number of aryl methyl sites for hydroxylation is 2. The van der Waals surface area contributed by atoms with E-state index in [9.17, 15) is 0 Å². The maximum Gasteiger partial charge on any atom is 0.0520 e. The van der Waals surface area contributed by atoms with Gasteiger partial charge in [0.15, 0.2) is 0 Å². The summed E-state index contributed by atoms with van der Waals surface area (Å²) in [7, 11) is 0. The first-order chi connectivity index (χ1) is 22.9. The molecule has 0 N–H and O–H groups in total. The minimum atomic E-state index is -0.0780. The van der Waals surface area contributed by atoms with Crippen LogP contribution >= 0.6 is 11.3 Å². The van der Waals surface area contributed by atoms with Crippen LogP contribution in [0.25, 0.3) is 53.2 Å². The van der Waals surface area contributed by atoms with Gasteiger partial charge in [-0.15, -0.1) is 11.3 Å². The fraction of sp³-hybridized carbons (Fsp3) is 0.111. The molecule has 1 aliphatic rings. The van der Waals surface area contributed by atoms with Crippen LogP contribution in [0.4, 0.5) is 17.1 Å². The molecule has 0 spiro atoms. The molecule has 0 radical (unpaired) electrons. The lowest BCUT2D eigenvalue weighted by atomic mass is 9.82. The zero-order valence-electron chi connectivity index (χ0n) is 27.1. The summed E-state index contributed by atoms with van der Waals surface area (Å²) in [4.78, 5) is 2.50. The van der Waals surface area contributed by atoms with Crippen molar-refractivity contribution in [2.45, 2.75) is 33.1 Å². The second-order valence-electron chi connectivity index (χ2n) is 13.5. The van der Waals surface area contributed by atoms with Gasteiger partial charge in [-0.1, -0.05) is 111 Å². The lowest BCUT2D eigenvalue weighted by Gasteiger charge is -2.31. The van der Waals surface area contributed by atoms with Crippen LogP contribution in [0.5, 0.6) is 0 Å². The zero-order chi connectivity index (χ0) is 31.9. The summed E-state index contributed by atoms with van der Waals surface area (Å²) < 4.78 is 2.64. The van der Waals surface area contributed by atoms with Crippen LogP contribution in [-0.2, 0) is 5.41 Å². The largest absolute Gasteiger partial charge is 0.310 e. The Hall–Kier alpha value is -5.18. The molecule has 9 rings (SSSR count). The van der Waals surface area contributed by atoms with Gasteiger partial charge in [-0.2, -0.15) is 0 Å². The number of benzene rings is 7. The molecule has 0 aliphatic heterocycles. The Balaban J connectivity index is 1.26. The molecule has 0 atom stereocenters. The summed E-state index contributed by atoms with van der Waals surface area (Å²) in [6.07, 6.45) is 0. The summed E-state index contributed by atoms with van der Waals surface area (Å²) in [6, 6.07) is 51.9. The molecule has 47 heavy (non-hydrogen) atoms. The predicted molar refractivity (Wildman–Crippen MR) is 204 cm³/mol. The fourth-order valence-corrected chi connectivity index (χ4v) is 9.17. The summed E-state index contributed by atoms with van der Waals surface area (Å²) >= 11 is 1.88. The lowest BCUT2D eigenvalue weighted by molar-refractivity contribution is 0.660. The molecule has 1 nitrogen and oxygen atoms in total. The van der Waals surface area contributed by atoms with Crippen LogP contribution in [0.3, 0.4) is 0 Å². The van der Waals surface area contributed by atoms with Gasteiger partial charge in [0.2, 0.25) is 0 Å². The van der Waals surface area contributed by atoms with Gasteiger partial charge in [-0.05, 0) is 112 Å². The standard InChI is InChI=1S/C45H35NS/c1-28-24-31(35-17-11-13-30-12-5-6-14-34(30)35)25-29(2)44(28)46(33-21-23-39-38-16-8-10-19-42(38)47-43(39)27-33)32-20-22-37-36-15-7-9-18-40(36)45(3,4)41(37)26-32/h5-27H,1-4H3. The minimum Gasteiger partial charge on any atom is -0.310 e. The van der Waals surface area contributed by atoms with Gasteiger partial charge in [-0.25, -0.2) is 0 Å². The van der Waals surface area contributed by atoms with Crippen molar-refractivity contribution < 1.29 is 0 Å². The van der Waals surface area contributed by atoms with Crippen LogP contribution < -0.4 is 4.90 Å². The van der Waals surface area contributed by atoms with E-state index in [0.717, 1.165) is 0 Å². The molecule has 1 aromatic heterocycles. The maximum atomic E-state index is 2.50. The van der Waals surface area contributed by atoms with Gasteiger partial charge in [0.25, 0.3) is 0 Å². The quantitative estimate of drug-likeness (QED) is 0.189. The number of hydrogen-bond donors (Lipinski definition) is 0. The highest BCUT2D eigenvalue weighted by molar-refractivity contribution is 7.25. The third-order valence-electron chi connectivity index (χ3n) is 10.3. The number of nitrogens with zero attached hydrogens (tertiary/aromatic N) is 1. The highest BCUT2D eigenvalue weighted by Gasteiger charge is 2.36. The monoisotopic (exact) mass is 621 g/mol. The van der Waals surface area contributed by atoms with E-state index < -0.39 is 0 Å². The van der Waals surface area contributed by atoms with E-state index in [-0.39, 0.29) is 5.41 Å². The van der Waals surface area contributed by atoms with E-state index >= 15 is 0 Å². The third-order valence-corrected chi connectivity index (χ3v) is 11.4. The van der Waals surface area contributed by atoms with E-state index in [4.69, 9.17) is 0 Å². The van der Waals surface area contributed by atoms with Crippen molar-refractivity contribution in [1.82, 2.24) is 0 Å². The average Bonchev–Trinajstić information content (AvgIpc) is 3.57. The topological polar surface area (TPSA) is 3.24 Å². The molecule has 1 aliphatic carbocycles. The van der Waals surface area contributed by atoms with Gasteiger partial charge < -0.3 is 4.90 Å². The van der Waals surface area contributed by atoms with Gasteiger partial charge in [0.1, 0.15) is 0 Å². The first-order valence-corrected chi connectivity index (χ1v) is 17.3. The first-order valence-electron chi connectivity index (χ1n) is 16.4. The Morgan fingerprint density at radius 1 is 0.489 bits per heavy atom. The molecule has 0 fully saturated rings. The lowest BCUT2D eigenvalue weighted by Crippen LogP contribution is -2.17. The predicted octanol–water partition coefficient (Wildman–Crippen LogP) is 13.3. The highest BCUT2D eigenvalue weighted by atomic mass is 32.1. The summed E-state index contributed by atoms with van der Waals surface area (Å²) in [5.74, 6) is 0. The molecule has 226 valence electrons. The van der Waals surface area contributed by atoms with Crippen molar-refractivity contribution in [2.24, 2.45) is 0 Å². The van der Waals surface area contributed by atoms with E-state index in [1.807, 2.05) is 11.3 Å². The Morgan fingerprint density at radius 3 is 1.96 bits per heavy atom. The molecule has 7 aromatic carbocycles. The number of rotatable bonds is 4. The number of hydrogen-bond acceptors (Lipinski definition) is 2. The maximum absolute atomic E-state index is 2.50. The minimum absolute atomic E-state index is 0.0780. The molecule has 0 unspecified atom stereocenters. The molecule has 0 bridgehead atoms. The number of thiophene rings is 1. The van der Waals surface area contributed by atoms with Crippen LogP contribution in [0, 0.1) is 13.8 Å². The van der Waals surface area contributed by atoms with Crippen molar-refractivity contribution >= 4 is 59.3 Å². The van der Waals surface area contributed by atoms with Gasteiger partial charge >= 0.3 is 0 Å². The van der Waals surface area contributed by atoms with Crippen molar-refractivity contribution in [2.75, 3.05) is 4.90 Å². The Morgan fingerprint density at radius 2 is 1.11 bits per heavy atom. The Bertz CT molecular complexity index is 2500. The van der Waals surface area contributed by atoms with Gasteiger partial charge in [0.05, 0.1) is 5.69 Å². The smallest absolute Gasteiger partial charge is 0.0520 e. The number of fused-ring (bicyclic) bond motifs is 7. The van der Waals surface area contributed by atoms with Gasteiger partial charge in [-0.3, -0.25) is 0 Å².